The van der Waals surface area contributed by atoms with E-state index in [-0.39, 0.29) is 11.3 Å². The Bertz CT molecular complexity index is 1190. The van der Waals surface area contributed by atoms with E-state index in [0.717, 1.165) is 12.0 Å². The third-order valence-corrected chi connectivity index (χ3v) is 4.80. The van der Waals surface area contributed by atoms with Gasteiger partial charge in [0.1, 0.15) is 17.2 Å². The van der Waals surface area contributed by atoms with E-state index in [1.54, 1.807) is 32.0 Å². The van der Waals surface area contributed by atoms with Gasteiger partial charge in [0.25, 0.3) is 0 Å². The van der Waals surface area contributed by atoms with Crippen LogP contribution in [0.2, 0.25) is 0 Å². The predicted molar refractivity (Wildman–Crippen MR) is 124 cm³/mol. The summed E-state index contributed by atoms with van der Waals surface area (Å²) in [6.45, 7) is 8.86. The largest absolute Gasteiger partial charge is 0.423 e. The maximum atomic E-state index is 12.5. The lowest BCUT2D eigenvalue weighted by atomic mass is 10.1. The van der Waals surface area contributed by atoms with Crippen LogP contribution < -0.4 is 14.2 Å². The van der Waals surface area contributed by atoms with Crippen molar-refractivity contribution in [3.8, 4) is 17.2 Å². The van der Waals surface area contributed by atoms with Crippen LogP contribution in [0.5, 0.6) is 17.2 Å². The van der Waals surface area contributed by atoms with Crippen molar-refractivity contribution < 1.29 is 28.6 Å². The lowest BCUT2D eigenvalue weighted by Gasteiger charge is -2.10. The first-order valence-corrected chi connectivity index (χ1v) is 10.4. The molecule has 0 radical (unpaired) electrons. The minimum absolute atomic E-state index is 0.277. The Kier molecular flexibility index (Phi) is 7.41. The highest BCUT2D eigenvalue weighted by Gasteiger charge is 2.14. The molecule has 6 nitrogen and oxygen atoms in total. The molecule has 0 aliphatic heterocycles. The Morgan fingerprint density at radius 3 is 1.79 bits per heavy atom. The van der Waals surface area contributed by atoms with Crippen molar-refractivity contribution in [2.45, 2.75) is 27.2 Å². The van der Waals surface area contributed by atoms with E-state index in [1.165, 1.54) is 36.4 Å². The zero-order chi connectivity index (χ0) is 24.0. The minimum Gasteiger partial charge on any atom is -0.423 e. The van der Waals surface area contributed by atoms with Gasteiger partial charge in [-0.15, -0.1) is 0 Å². The highest BCUT2D eigenvalue weighted by Crippen LogP contribution is 2.22. The normalized spacial score (nSPS) is 10.3. The van der Waals surface area contributed by atoms with Crippen LogP contribution in [0, 0.1) is 6.92 Å². The van der Waals surface area contributed by atoms with Gasteiger partial charge < -0.3 is 14.2 Å². The number of aryl methyl sites for hydroxylation is 2. The molecule has 0 heterocycles. The van der Waals surface area contributed by atoms with E-state index in [1.807, 2.05) is 19.1 Å². The van der Waals surface area contributed by atoms with Gasteiger partial charge >= 0.3 is 17.9 Å². The molecule has 168 valence electrons. The first kappa shape index (κ1) is 23.5. The first-order chi connectivity index (χ1) is 15.8. The van der Waals surface area contributed by atoms with Gasteiger partial charge in [0.2, 0.25) is 0 Å². The Balaban J connectivity index is 1.62. The summed E-state index contributed by atoms with van der Waals surface area (Å²) in [6.07, 6.45) is 0.903. The lowest BCUT2D eigenvalue weighted by Crippen LogP contribution is -2.12. The number of hydrogen-bond donors (Lipinski definition) is 0. The fourth-order valence-electron chi connectivity index (χ4n) is 2.86. The maximum absolute atomic E-state index is 12.5. The molecule has 33 heavy (non-hydrogen) atoms. The average Bonchev–Trinajstić information content (AvgIpc) is 2.81. The van der Waals surface area contributed by atoms with Crippen LogP contribution in [0.25, 0.3) is 0 Å². The Labute approximate surface area is 192 Å². The van der Waals surface area contributed by atoms with Crippen molar-refractivity contribution in [1.82, 2.24) is 0 Å². The summed E-state index contributed by atoms with van der Waals surface area (Å²) in [5, 5.41) is 0. The number of benzene rings is 3. The van der Waals surface area contributed by atoms with Gasteiger partial charge in [-0.25, -0.2) is 14.4 Å². The molecule has 0 aliphatic rings. The van der Waals surface area contributed by atoms with Crippen molar-refractivity contribution in [2.24, 2.45) is 0 Å². The number of ether oxygens (including phenoxy) is 3. The van der Waals surface area contributed by atoms with Crippen molar-refractivity contribution in [3.63, 3.8) is 0 Å². The van der Waals surface area contributed by atoms with Gasteiger partial charge in [0, 0.05) is 5.57 Å². The standard InChI is InChI=1S/C27H24O6/c1-5-19-6-11-22(12-7-19)31-26(29)20-8-13-23(14-9-20)32-27(30)21-10-15-24(18(4)16-21)33-25(28)17(2)3/h6-16H,2,5H2,1,3-4H3. The van der Waals surface area contributed by atoms with Crippen molar-refractivity contribution in [2.75, 3.05) is 0 Å². The molecule has 0 fully saturated rings. The Morgan fingerprint density at radius 1 is 0.758 bits per heavy atom. The van der Waals surface area contributed by atoms with Gasteiger partial charge in [-0.2, -0.15) is 0 Å². The molecular formula is C27H24O6. The molecule has 3 aromatic rings. The smallest absolute Gasteiger partial charge is 0.343 e. The third kappa shape index (κ3) is 6.17. The molecule has 3 rings (SSSR count). The molecule has 0 amide bonds. The topological polar surface area (TPSA) is 78.9 Å². The van der Waals surface area contributed by atoms with Crippen LogP contribution in [0.15, 0.2) is 78.9 Å². The summed E-state index contributed by atoms with van der Waals surface area (Å²) in [5.41, 5.74) is 2.65. The zero-order valence-electron chi connectivity index (χ0n) is 18.7. The first-order valence-electron chi connectivity index (χ1n) is 10.4. The van der Waals surface area contributed by atoms with Gasteiger partial charge in [-0.1, -0.05) is 25.6 Å². The number of hydrogen-bond acceptors (Lipinski definition) is 6. The van der Waals surface area contributed by atoms with Crippen LogP contribution in [0.1, 0.15) is 45.7 Å². The summed E-state index contributed by atoms with van der Waals surface area (Å²) in [5.74, 6) is -0.550. The SMILES string of the molecule is C=C(C)C(=O)Oc1ccc(C(=O)Oc2ccc(C(=O)Oc3ccc(CC)cc3)cc2)cc1C. The van der Waals surface area contributed by atoms with Crippen molar-refractivity contribution in [3.05, 3.63) is 101 Å². The summed E-state index contributed by atoms with van der Waals surface area (Å²) >= 11 is 0. The Hall–Kier alpha value is -4.19. The number of carbonyl (C=O) groups is 3. The highest BCUT2D eigenvalue weighted by molar-refractivity contribution is 5.93. The Morgan fingerprint density at radius 2 is 1.27 bits per heavy atom. The molecule has 0 saturated carbocycles. The van der Waals surface area contributed by atoms with Gasteiger partial charge in [-0.3, -0.25) is 0 Å². The van der Waals surface area contributed by atoms with Gasteiger partial charge in [0.05, 0.1) is 11.1 Å². The summed E-state index contributed by atoms with van der Waals surface area (Å²) < 4.78 is 16.0. The van der Waals surface area contributed by atoms with E-state index < -0.39 is 17.9 Å². The molecular weight excluding hydrogens is 420 g/mol. The molecule has 0 saturated heterocycles. The fraction of sp³-hybridized carbons (Fsp3) is 0.148. The average molecular weight is 444 g/mol. The molecule has 0 spiro atoms. The van der Waals surface area contributed by atoms with Crippen LogP contribution in [0.3, 0.4) is 0 Å². The maximum Gasteiger partial charge on any atom is 0.343 e. The monoisotopic (exact) mass is 444 g/mol. The second kappa shape index (κ2) is 10.4. The molecule has 3 aromatic carbocycles. The second-order valence-corrected chi connectivity index (χ2v) is 7.45. The van der Waals surface area contributed by atoms with Gasteiger partial charge in [0.15, 0.2) is 0 Å². The minimum atomic E-state index is -0.581. The van der Waals surface area contributed by atoms with Crippen LogP contribution >= 0.6 is 0 Å². The fourth-order valence-corrected chi connectivity index (χ4v) is 2.86. The lowest BCUT2D eigenvalue weighted by molar-refractivity contribution is -0.130. The van der Waals surface area contributed by atoms with Crippen LogP contribution in [-0.4, -0.2) is 17.9 Å². The predicted octanol–water partition coefficient (Wildman–Crippen LogP) is 5.48. The van der Waals surface area contributed by atoms with E-state index in [0.29, 0.717) is 28.2 Å². The van der Waals surface area contributed by atoms with E-state index >= 15 is 0 Å². The summed E-state index contributed by atoms with van der Waals surface area (Å²) in [7, 11) is 0. The third-order valence-electron chi connectivity index (χ3n) is 4.80. The highest BCUT2D eigenvalue weighted by atomic mass is 16.5. The molecule has 0 unspecified atom stereocenters. The summed E-state index contributed by atoms with van der Waals surface area (Å²) in [4.78, 5) is 36.5. The molecule has 0 atom stereocenters. The molecule has 0 bridgehead atoms. The quantitative estimate of drug-likeness (QED) is 0.273. The second-order valence-electron chi connectivity index (χ2n) is 7.45. The number of rotatable bonds is 7. The van der Waals surface area contributed by atoms with Crippen LogP contribution in [-0.2, 0) is 11.2 Å². The van der Waals surface area contributed by atoms with Gasteiger partial charge in [-0.05, 0) is 86.0 Å². The van der Waals surface area contributed by atoms with Crippen molar-refractivity contribution in [1.29, 1.82) is 0 Å². The van der Waals surface area contributed by atoms with E-state index in [9.17, 15) is 14.4 Å². The molecule has 0 aromatic heterocycles. The van der Waals surface area contributed by atoms with Crippen molar-refractivity contribution >= 4 is 17.9 Å². The van der Waals surface area contributed by atoms with E-state index in [2.05, 4.69) is 6.58 Å². The molecule has 6 heteroatoms. The van der Waals surface area contributed by atoms with Crippen LogP contribution in [0.4, 0.5) is 0 Å². The summed E-state index contributed by atoms with van der Waals surface area (Å²) in [6, 6.07) is 18.0. The molecule has 0 N–H and O–H groups in total. The van der Waals surface area contributed by atoms with E-state index in [4.69, 9.17) is 14.2 Å². The molecule has 0 aliphatic carbocycles. The number of esters is 3. The zero-order valence-corrected chi connectivity index (χ0v) is 18.7. The number of carbonyl (C=O) groups excluding carboxylic acids is 3.